The van der Waals surface area contributed by atoms with Gasteiger partial charge >= 0.3 is 5.97 Å². The van der Waals surface area contributed by atoms with Gasteiger partial charge in [-0.2, -0.15) is 0 Å². The van der Waals surface area contributed by atoms with Crippen LogP contribution in [-0.4, -0.2) is 18.1 Å². The molecule has 0 aliphatic heterocycles. The second-order valence-corrected chi connectivity index (χ2v) is 7.32. The molecule has 4 heteroatoms. The Labute approximate surface area is 126 Å². The van der Waals surface area contributed by atoms with E-state index in [0.717, 1.165) is 18.5 Å². The molecule has 1 aliphatic carbocycles. The van der Waals surface area contributed by atoms with Crippen LogP contribution in [0.1, 0.15) is 56.6 Å². The van der Waals surface area contributed by atoms with Crippen molar-refractivity contribution in [2.75, 3.05) is 12.8 Å². The maximum atomic E-state index is 11.8. The van der Waals surface area contributed by atoms with Gasteiger partial charge in [-0.3, -0.25) is 4.98 Å². The molecule has 4 nitrogen and oxygen atoms in total. The highest BCUT2D eigenvalue weighted by molar-refractivity contribution is 5.95. The normalized spacial score (nSPS) is 19.8. The number of pyridine rings is 1. The summed E-state index contributed by atoms with van der Waals surface area (Å²) in [6.07, 6.45) is 5.87. The van der Waals surface area contributed by atoms with Crippen molar-refractivity contribution in [2.45, 2.75) is 40.5 Å². The number of esters is 1. The topological polar surface area (TPSA) is 65.2 Å². The van der Waals surface area contributed by atoms with E-state index >= 15 is 0 Å². The lowest BCUT2D eigenvalue weighted by Gasteiger charge is -2.39. The Bertz CT molecular complexity index is 601. The van der Waals surface area contributed by atoms with E-state index in [9.17, 15) is 4.79 Å². The van der Waals surface area contributed by atoms with Gasteiger partial charge in [0.15, 0.2) is 0 Å². The van der Waals surface area contributed by atoms with Crippen LogP contribution in [0.4, 0.5) is 5.69 Å². The van der Waals surface area contributed by atoms with Crippen molar-refractivity contribution < 1.29 is 9.53 Å². The molecule has 0 saturated carbocycles. The molecule has 2 rings (SSSR count). The number of rotatable bonds is 2. The summed E-state index contributed by atoms with van der Waals surface area (Å²) in [5.74, 6) is -0.425. The van der Waals surface area contributed by atoms with Gasteiger partial charge in [-0.1, -0.05) is 33.8 Å². The van der Waals surface area contributed by atoms with E-state index in [4.69, 9.17) is 10.5 Å². The molecule has 2 N–H and O–H groups in total. The van der Waals surface area contributed by atoms with Crippen LogP contribution >= 0.6 is 0 Å². The second kappa shape index (κ2) is 5.17. The molecular weight excluding hydrogens is 264 g/mol. The minimum atomic E-state index is -0.425. The third kappa shape index (κ3) is 3.43. The number of carbonyl (C=O) groups excluding carboxylic acids is 1. The summed E-state index contributed by atoms with van der Waals surface area (Å²) in [5, 5.41) is 0. The summed E-state index contributed by atoms with van der Waals surface area (Å²) in [5.41, 5.74) is 8.85. The Morgan fingerprint density at radius 2 is 2.00 bits per heavy atom. The van der Waals surface area contributed by atoms with Crippen molar-refractivity contribution in [3.8, 4) is 0 Å². The number of aromatic nitrogens is 1. The van der Waals surface area contributed by atoms with Crippen molar-refractivity contribution >= 4 is 17.2 Å². The number of nitrogens with zero attached hydrogens (tertiary/aromatic N) is 1. The summed E-state index contributed by atoms with van der Waals surface area (Å²) >= 11 is 0. The largest absolute Gasteiger partial charge is 0.465 e. The van der Waals surface area contributed by atoms with Crippen molar-refractivity contribution in [3.05, 3.63) is 29.6 Å². The van der Waals surface area contributed by atoms with E-state index < -0.39 is 5.97 Å². The molecule has 114 valence electrons. The Hall–Kier alpha value is -1.84. The van der Waals surface area contributed by atoms with Crippen molar-refractivity contribution in [2.24, 2.45) is 10.8 Å². The first-order valence-corrected chi connectivity index (χ1v) is 7.19. The fourth-order valence-electron chi connectivity index (χ4n) is 3.48. The number of nitrogen functional groups attached to an aromatic ring is 1. The molecule has 0 bridgehead atoms. The van der Waals surface area contributed by atoms with Crippen LogP contribution in [0.25, 0.3) is 5.57 Å². The molecular formula is C17H24N2O2. The Kier molecular flexibility index (Phi) is 3.83. The number of allylic oxidation sites excluding steroid dienone is 2. The molecule has 0 unspecified atom stereocenters. The number of anilines is 1. The number of ether oxygens (including phenoxy) is 1. The Morgan fingerprint density at radius 1 is 1.33 bits per heavy atom. The van der Waals surface area contributed by atoms with Crippen LogP contribution in [0.2, 0.25) is 0 Å². The highest BCUT2D eigenvalue weighted by Gasteiger charge is 2.34. The SMILES string of the molecule is COC(=O)c1cc(C2=CC(C)(C)CC(C)(C)C2)ncc1N. The summed E-state index contributed by atoms with van der Waals surface area (Å²) in [7, 11) is 1.36. The first-order chi connectivity index (χ1) is 9.63. The van der Waals surface area contributed by atoms with Gasteiger partial charge < -0.3 is 10.5 Å². The summed E-state index contributed by atoms with van der Waals surface area (Å²) in [4.78, 5) is 16.2. The number of methoxy groups -OCH3 is 1. The quantitative estimate of drug-likeness (QED) is 0.843. The zero-order valence-corrected chi connectivity index (χ0v) is 13.5. The van der Waals surface area contributed by atoms with Crippen LogP contribution in [0.5, 0.6) is 0 Å². The summed E-state index contributed by atoms with van der Waals surface area (Å²) < 4.78 is 4.78. The lowest BCUT2D eigenvalue weighted by atomic mass is 9.66. The van der Waals surface area contributed by atoms with Gasteiger partial charge in [0.05, 0.1) is 30.3 Å². The molecule has 21 heavy (non-hydrogen) atoms. The molecule has 0 aromatic carbocycles. The molecule has 0 amide bonds. The Morgan fingerprint density at radius 3 is 2.57 bits per heavy atom. The van der Waals surface area contributed by atoms with Crippen LogP contribution in [0.15, 0.2) is 18.3 Å². The van der Waals surface area contributed by atoms with Crippen molar-refractivity contribution in [1.29, 1.82) is 0 Å². The first-order valence-electron chi connectivity index (χ1n) is 7.19. The van der Waals surface area contributed by atoms with E-state index in [1.165, 1.54) is 18.9 Å². The summed E-state index contributed by atoms with van der Waals surface area (Å²) in [6, 6.07) is 1.74. The van der Waals surface area contributed by atoms with Crippen LogP contribution in [0.3, 0.4) is 0 Å². The smallest absolute Gasteiger partial charge is 0.340 e. The molecule has 1 aliphatic rings. The maximum absolute atomic E-state index is 11.8. The highest BCUT2D eigenvalue weighted by Crippen LogP contribution is 2.47. The molecule has 0 saturated heterocycles. The first kappa shape index (κ1) is 15.5. The number of carbonyl (C=O) groups is 1. The average Bonchev–Trinajstić information content (AvgIpc) is 2.34. The van der Waals surface area contributed by atoms with Gasteiger partial charge in [0, 0.05) is 0 Å². The predicted octanol–water partition coefficient (Wildman–Crippen LogP) is 3.68. The van der Waals surface area contributed by atoms with Gasteiger partial charge in [0.25, 0.3) is 0 Å². The third-order valence-electron chi connectivity index (χ3n) is 3.84. The molecule has 1 aromatic heterocycles. The molecule has 1 aromatic rings. The molecule has 0 atom stereocenters. The summed E-state index contributed by atoms with van der Waals surface area (Å²) in [6.45, 7) is 8.99. The minimum absolute atomic E-state index is 0.117. The lowest BCUT2D eigenvalue weighted by molar-refractivity contribution is 0.0602. The van der Waals surface area contributed by atoms with Gasteiger partial charge in [0.2, 0.25) is 0 Å². The second-order valence-electron chi connectivity index (χ2n) is 7.32. The van der Waals surface area contributed by atoms with Gasteiger partial charge in [-0.05, 0) is 35.3 Å². The van der Waals surface area contributed by atoms with Crippen LogP contribution < -0.4 is 5.73 Å². The zero-order valence-electron chi connectivity index (χ0n) is 13.5. The molecule has 0 spiro atoms. The molecule has 1 heterocycles. The molecule has 0 radical (unpaired) electrons. The van der Waals surface area contributed by atoms with E-state index in [0.29, 0.717) is 11.3 Å². The standard InChI is InChI=1S/C17H24N2O2/c1-16(2)7-11(8-17(3,4)10-16)14-6-12(15(20)21-5)13(18)9-19-14/h6-7,9H,8,10,18H2,1-5H3. The van der Waals surface area contributed by atoms with E-state index in [1.807, 2.05) is 0 Å². The average molecular weight is 288 g/mol. The van der Waals surface area contributed by atoms with Crippen molar-refractivity contribution in [3.63, 3.8) is 0 Å². The zero-order chi connectivity index (χ0) is 15.8. The number of hydrogen-bond donors (Lipinski definition) is 1. The monoisotopic (exact) mass is 288 g/mol. The van der Waals surface area contributed by atoms with Crippen LogP contribution in [0, 0.1) is 10.8 Å². The van der Waals surface area contributed by atoms with Gasteiger partial charge in [-0.15, -0.1) is 0 Å². The van der Waals surface area contributed by atoms with E-state index in [2.05, 4.69) is 38.8 Å². The molecule has 0 fully saturated rings. The lowest BCUT2D eigenvalue weighted by Crippen LogP contribution is -2.27. The number of nitrogens with two attached hydrogens (primary N) is 1. The fraction of sp³-hybridized carbons (Fsp3) is 0.529. The maximum Gasteiger partial charge on any atom is 0.340 e. The minimum Gasteiger partial charge on any atom is -0.465 e. The third-order valence-corrected chi connectivity index (χ3v) is 3.84. The predicted molar refractivity (Wildman–Crippen MR) is 84.8 cm³/mol. The van der Waals surface area contributed by atoms with Crippen LogP contribution in [-0.2, 0) is 4.74 Å². The number of hydrogen-bond acceptors (Lipinski definition) is 4. The van der Waals surface area contributed by atoms with Gasteiger partial charge in [0.1, 0.15) is 0 Å². The van der Waals surface area contributed by atoms with E-state index in [1.54, 1.807) is 6.07 Å². The highest BCUT2D eigenvalue weighted by atomic mass is 16.5. The van der Waals surface area contributed by atoms with Gasteiger partial charge in [-0.25, -0.2) is 4.79 Å². The Balaban J connectivity index is 2.47. The van der Waals surface area contributed by atoms with E-state index in [-0.39, 0.29) is 10.8 Å². The fourth-order valence-corrected chi connectivity index (χ4v) is 3.48. The van der Waals surface area contributed by atoms with Crippen molar-refractivity contribution in [1.82, 2.24) is 4.98 Å².